The Morgan fingerprint density at radius 2 is 1.64 bits per heavy atom. The van der Waals surface area contributed by atoms with Gasteiger partial charge in [-0.2, -0.15) is 13.2 Å². The van der Waals surface area contributed by atoms with Gasteiger partial charge in [-0.15, -0.1) is 0 Å². The second-order valence-corrected chi connectivity index (χ2v) is 6.45. The summed E-state index contributed by atoms with van der Waals surface area (Å²) in [5.74, 6) is -0.833. The van der Waals surface area contributed by atoms with Gasteiger partial charge < -0.3 is 10.8 Å². The molecule has 10 heteroatoms. The first-order valence-electron chi connectivity index (χ1n) is 6.67. The number of anilines is 2. The van der Waals surface area contributed by atoms with Crippen LogP contribution in [0.1, 0.15) is 12.5 Å². The number of halogens is 3. The minimum absolute atomic E-state index is 0.0888. The van der Waals surface area contributed by atoms with E-state index >= 15 is 0 Å². The van der Waals surface area contributed by atoms with Crippen molar-refractivity contribution in [2.75, 3.05) is 10.5 Å². The van der Waals surface area contributed by atoms with Gasteiger partial charge in [0.05, 0.1) is 10.5 Å². The van der Waals surface area contributed by atoms with Crippen LogP contribution in [0, 0.1) is 0 Å². The summed E-state index contributed by atoms with van der Waals surface area (Å²) in [5, 5.41) is 7.42. The Labute approximate surface area is 142 Å². The molecule has 2 rings (SSSR count). The van der Waals surface area contributed by atoms with Crippen LogP contribution in [0.15, 0.2) is 53.4 Å². The largest absolute Gasteiger partial charge is 0.481 e. The smallest absolute Gasteiger partial charge is 0.416 e. The fraction of sp³-hybridized carbons (Fsp3) is 0.133. The summed E-state index contributed by atoms with van der Waals surface area (Å²) in [6.07, 6.45) is -4.54. The summed E-state index contributed by atoms with van der Waals surface area (Å²) in [6, 6.07) is 9.28. The van der Waals surface area contributed by atoms with Crippen molar-refractivity contribution in [2.24, 2.45) is 0 Å². The van der Waals surface area contributed by atoms with Gasteiger partial charge in [-0.3, -0.25) is 9.52 Å². The van der Waals surface area contributed by atoms with Gasteiger partial charge in [0.2, 0.25) is 0 Å². The van der Waals surface area contributed by atoms with Gasteiger partial charge in [-0.05, 0) is 42.5 Å². The molecule has 0 aliphatic carbocycles. The predicted octanol–water partition coefficient (Wildman–Crippen LogP) is 3.18. The van der Waals surface area contributed by atoms with Crippen molar-refractivity contribution < 1.29 is 31.5 Å². The van der Waals surface area contributed by atoms with Gasteiger partial charge in [0.1, 0.15) is 0 Å². The zero-order valence-corrected chi connectivity index (χ0v) is 13.7. The van der Waals surface area contributed by atoms with E-state index in [1.54, 1.807) is 0 Å². The summed E-state index contributed by atoms with van der Waals surface area (Å²) in [7, 11) is -3.97. The van der Waals surface area contributed by atoms with Crippen molar-refractivity contribution in [3.05, 3.63) is 54.1 Å². The minimum atomic E-state index is -4.54. The zero-order chi connectivity index (χ0) is 19.3. The first kappa shape index (κ1) is 20.3. The molecule has 0 atom stereocenters. The first-order valence-corrected chi connectivity index (χ1v) is 8.15. The second kappa shape index (κ2) is 7.88. The maximum atomic E-state index is 12.6. The van der Waals surface area contributed by atoms with Crippen molar-refractivity contribution in [3.63, 3.8) is 0 Å². The van der Waals surface area contributed by atoms with E-state index < -0.39 is 27.7 Å². The SMILES string of the molecule is CC(=O)O.Nc1ccc(S(=O)(=O)Nc2cccc(C(F)(F)F)c2)cc1. The summed E-state index contributed by atoms with van der Waals surface area (Å²) >= 11 is 0. The lowest BCUT2D eigenvalue weighted by Gasteiger charge is -2.11. The molecule has 136 valence electrons. The maximum Gasteiger partial charge on any atom is 0.416 e. The second-order valence-electron chi connectivity index (χ2n) is 4.77. The topological polar surface area (TPSA) is 109 Å². The molecule has 0 spiro atoms. The van der Waals surface area contributed by atoms with Crippen LogP contribution in [0.25, 0.3) is 0 Å². The van der Waals surface area contributed by atoms with Crippen molar-refractivity contribution in [2.45, 2.75) is 18.0 Å². The number of carboxylic acids is 1. The Morgan fingerprint density at radius 1 is 1.12 bits per heavy atom. The summed E-state index contributed by atoms with van der Waals surface area (Å²) in [5.41, 5.74) is 4.74. The van der Waals surface area contributed by atoms with Crippen molar-refractivity contribution in [1.29, 1.82) is 0 Å². The molecule has 4 N–H and O–H groups in total. The molecule has 2 aromatic rings. The monoisotopic (exact) mass is 376 g/mol. The van der Waals surface area contributed by atoms with E-state index in [4.69, 9.17) is 15.6 Å². The molecule has 2 aromatic carbocycles. The number of nitrogens with one attached hydrogen (secondary N) is 1. The summed E-state index contributed by atoms with van der Waals surface area (Å²) in [6.45, 7) is 1.08. The molecule has 0 saturated carbocycles. The number of nitrogen functional groups attached to an aromatic ring is 1. The van der Waals surface area contributed by atoms with Crippen LogP contribution in [-0.4, -0.2) is 19.5 Å². The fourth-order valence-electron chi connectivity index (χ4n) is 1.62. The number of rotatable bonds is 3. The number of nitrogens with two attached hydrogens (primary N) is 1. The molecule has 0 bridgehead atoms. The molecule has 0 fully saturated rings. The van der Waals surface area contributed by atoms with Gasteiger partial charge in [0.15, 0.2) is 0 Å². The molecule has 0 aliphatic heterocycles. The molecular weight excluding hydrogens is 361 g/mol. The molecule has 0 heterocycles. The van der Waals surface area contributed by atoms with E-state index in [0.29, 0.717) is 5.69 Å². The van der Waals surface area contributed by atoms with E-state index in [2.05, 4.69) is 4.72 Å². The first-order chi connectivity index (χ1) is 11.4. The molecule has 0 unspecified atom stereocenters. The summed E-state index contributed by atoms with van der Waals surface area (Å²) < 4.78 is 63.9. The number of aliphatic carboxylic acids is 1. The van der Waals surface area contributed by atoms with Gasteiger partial charge in [-0.25, -0.2) is 8.42 Å². The third kappa shape index (κ3) is 6.71. The Hall–Kier alpha value is -2.75. The molecule has 25 heavy (non-hydrogen) atoms. The number of sulfonamides is 1. The van der Waals surface area contributed by atoms with E-state index in [1.165, 1.54) is 30.3 Å². The number of benzene rings is 2. The van der Waals surface area contributed by atoms with E-state index in [0.717, 1.165) is 25.1 Å². The number of hydrogen-bond donors (Lipinski definition) is 3. The number of hydrogen-bond acceptors (Lipinski definition) is 4. The lowest BCUT2D eigenvalue weighted by atomic mass is 10.2. The Morgan fingerprint density at radius 3 is 2.12 bits per heavy atom. The number of carbonyl (C=O) groups is 1. The van der Waals surface area contributed by atoms with Crippen molar-refractivity contribution in [3.8, 4) is 0 Å². The standard InChI is InChI=1S/C13H11F3N2O2S.C2H4O2/c14-13(15,16)9-2-1-3-11(8-9)18-21(19,20)12-6-4-10(17)5-7-12;1-2(3)4/h1-8,18H,17H2;1H3,(H,3,4). The fourth-order valence-corrected chi connectivity index (χ4v) is 2.67. The Kier molecular flexibility index (Phi) is 6.40. The molecule has 0 aliphatic rings. The molecule has 6 nitrogen and oxygen atoms in total. The van der Waals surface area contributed by atoms with Crippen LogP contribution < -0.4 is 10.5 Å². The minimum Gasteiger partial charge on any atom is -0.481 e. The number of carboxylic acid groups (broad SMARTS) is 1. The molecule has 0 aromatic heterocycles. The Balaban J connectivity index is 0.000000705. The highest BCUT2D eigenvalue weighted by molar-refractivity contribution is 7.92. The van der Waals surface area contributed by atoms with E-state index in [9.17, 15) is 21.6 Å². The average Bonchev–Trinajstić information content (AvgIpc) is 2.46. The van der Waals surface area contributed by atoms with Crippen molar-refractivity contribution >= 4 is 27.4 Å². The van der Waals surface area contributed by atoms with Crippen LogP contribution in [0.3, 0.4) is 0 Å². The van der Waals surface area contributed by atoms with Crippen LogP contribution >= 0.6 is 0 Å². The Bertz CT molecular complexity index is 831. The van der Waals surface area contributed by atoms with Crippen LogP contribution in [0.5, 0.6) is 0 Å². The third-order valence-electron chi connectivity index (χ3n) is 2.63. The molecule has 0 saturated heterocycles. The number of alkyl halides is 3. The summed E-state index contributed by atoms with van der Waals surface area (Å²) in [4.78, 5) is 8.91. The highest BCUT2D eigenvalue weighted by Gasteiger charge is 2.30. The van der Waals surface area contributed by atoms with Crippen LogP contribution in [0.2, 0.25) is 0 Å². The van der Waals surface area contributed by atoms with Gasteiger partial charge >= 0.3 is 6.18 Å². The highest BCUT2D eigenvalue weighted by atomic mass is 32.2. The molecular formula is C15H15F3N2O4S. The van der Waals surface area contributed by atoms with Crippen LogP contribution in [0.4, 0.5) is 24.5 Å². The van der Waals surface area contributed by atoms with Crippen molar-refractivity contribution in [1.82, 2.24) is 0 Å². The lowest BCUT2D eigenvalue weighted by molar-refractivity contribution is -0.137. The average molecular weight is 376 g/mol. The normalized spacial score (nSPS) is 11.2. The van der Waals surface area contributed by atoms with Gasteiger partial charge in [0.25, 0.3) is 16.0 Å². The molecule has 0 radical (unpaired) electrons. The van der Waals surface area contributed by atoms with E-state index in [1.807, 2.05) is 0 Å². The maximum absolute atomic E-state index is 12.6. The highest BCUT2D eigenvalue weighted by Crippen LogP contribution is 2.31. The van der Waals surface area contributed by atoms with Gasteiger partial charge in [-0.1, -0.05) is 6.07 Å². The zero-order valence-electron chi connectivity index (χ0n) is 12.9. The molecule has 0 amide bonds. The third-order valence-corrected chi connectivity index (χ3v) is 4.03. The van der Waals surface area contributed by atoms with Crippen LogP contribution in [-0.2, 0) is 21.0 Å². The quantitative estimate of drug-likeness (QED) is 0.713. The lowest BCUT2D eigenvalue weighted by Crippen LogP contribution is -2.14. The van der Waals surface area contributed by atoms with E-state index in [-0.39, 0.29) is 10.6 Å². The van der Waals surface area contributed by atoms with Gasteiger partial charge in [0, 0.05) is 18.3 Å². The predicted molar refractivity (Wildman–Crippen MR) is 86.4 cm³/mol.